The van der Waals surface area contributed by atoms with Gasteiger partial charge in [-0.25, -0.2) is 0 Å². The van der Waals surface area contributed by atoms with Crippen LogP contribution in [0.2, 0.25) is 0 Å². The van der Waals surface area contributed by atoms with Crippen LogP contribution in [0.25, 0.3) is 0 Å². The molecule has 2 saturated heterocycles. The Kier molecular flexibility index (Phi) is 4.84. The highest BCUT2D eigenvalue weighted by Gasteiger charge is 2.18. The van der Waals surface area contributed by atoms with Crippen LogP contribution in [0.1, 0.15) is 0 Å². The number of morpholine rings is 1. The van der Waals surface area contributed by atoms with Gasteiger partial charge in [-0.1, -0.05) is 12.1 Å². The molecule has 0 saturated carbocycles. The Bertz CT molecular complexity index is 488. The van der Waals surface area contributed by atoms with E-state index < -0.39 is 0 Å². The van der Waals surface area contributed by atoms with Gasteiger partial charge >= 0.3 is 0 Å². The van der Waals surface area contributed by atoms with Crippen LogP contribution in [-0.4, -0.2) is 55.7 Å². The van der Waals surface area contributed by atoms with E-state index in [-0.39, 0.29) is 0 Å². The molecule has 0 amide bonds. The van der Waals surface area contributed by atoms with Crippen molar-refractivity contribution in [1.29, 1.82) is 5.41 Å². The second-order valence-corrected chi connectivity index (χ2v) is 5.78. The van der Waals surface area contributed by atoms with Crippen LogP contribution < -0.4 is 10.2 Å². The lowest BCUT2D eigenvalue weighted by Crippen LogP contribution is -2.38. The minimum Gasteiger partial charge on any atom is -0.378 e. The molecule has 2 aliphatic rings. The molecule has 7 heteroatoms. The normalized spacial score (nSPS) is 19.4. The maximum Gasteiger partial charge on any atom is 0.206 e. The van der Waals surface area contributed by atoms with E-state index in [4.69, 9.17) is 14.9 Å². The van der Waals surface area contributed by atoms with Gasteiger partial charge in [0, 0.05) is 13.1 Å². The first-order chi connectivity index (χ1) is 10.3. The first-order valence-electron chi connectivity index (χ1n) is 7.10. The minimum absolute atomic E-state index is 0.406. The standard InChI is InChI=1S/C14H20N4O2S/c15-14(18-7-10-20-11-21-18)16-12-3-1-2-4-13(12)17-5-8-19-9-6-17/h1-4H,5-11H2,(H2,15,16). The number of hydrogen-bond acceptors (Lipinski definition) is 5. The summed E-state index contributed by atoms with van der Waals surface area (Å²) >= 11 is 1.52. The highest BCUT2D eigenvalue weighted by molar-refractivity contribution is 7.97. The Labute approximate surface area is 129 Å². The zero-order valence-electron chi connectivity index (χ0n) is 11.9. The van der Waals surface area contributed by atoms with Crippen LogP contribution in [0.15, 0.2) is 24.3 Å². The molecule has 2 fully saturated rings. The molecule has 0 bridgehead atoms. The van der Waals surface area contributed by atoms with Gasteiger partial charge in [0.15, 0.2) is 0 Å². The van der Waals surface area contributed by atoms with Crippen LogP contribution in [-0.2, 0) is 9.47 Å². The molecule has 114 valence electrons. The van der Waals surface area contributed by atoms with Crippen molar-refractivity contribution in [2.24, 2.45) is 0 Å². The Hall–Kier alpha value is -1.44. The smallest absolute Gasteiger partial charge is 0.206 e. The SMILES string of the molecule is N=C(Nc1ccccc1N1CCOCC1)N1CCOCS1. The summed E-state index contributed by atoms with van der Waals surface area (Å²) in [6.07, 6.45) is 0. The molecule has 2 N–H and O–H groups in total. The van der Waals surface area contributed by atoms with Crippen molar-refractivity contribution in [3.8, 4) is 0 Å². The number of ether oxygens (including phenoxy) is 2. The number of guanidine groups is 1. The molecule has 21 heavy (non-hydrogen) atoms. The van der Waals surface area contributed by atoms with Crippen molar-refractivity contribution in [3.05, 3.63) is 24.3 Å². The van der Waals surface area contributed by atoms with E-state index >= 15 is 0 Å². The molecule has 0 aromatic heterocycles. The Balaban J connectivity index is 1.70. The van der Waals surface area contributed by atoms with Crippen molar-refractivity contribution in [1.82, 2.24) is 4.31 Å². The molecular weight excluding hydrogens is 288 g/mol. The lowest BCUT2D eigenvalue weighted by Gasteiger charge is -2.32. The van der Waals surface area contributed by atoms with Gasteiger partial charge in [-0.3, -0.25) is 9.71 Å². The van der Waals surface area contributed by atoms with E-state index in [0.717, 1.165) is 44.2 Å². The topological polar surface area (TPSA) is 60.8 Å². The van der Waals surface area contributed by atoms with Gasteiger partial charge in [0.2, 0.25) is 5.96 Å². The third kappa shape index (κ3) is 3.61. The lowest BCUT2D eigenvalue weighted by molar-refractivity contribution is 0.123. The zero-order valence-corrected chi connectivity index (χ0v) is 12.7. The van der Waals surface area contributed by atoms with Gasteiger partial charge in [-0.15, -0.1) is 0 Å². The molecule has 3 rings (SSSR count). The summed E-state index contributed by atoms with van der Waals surface area (Å²) in [7, 11) is 0. The van der Waals surface area contributed by atoms with E-state index in [1.165, 1.54) is 11.9 Å². The second-order valence-electron chi connectivity index (χ2n) is 4.85. The highest BCUT2D eigenvalue weighted by Crippen LogP contribution is 2.27. The lowest BCUT2D eigenvalue weighted by atomic mass is 10.2. The average molecular weight is 308 g/mol. The predicted molar refractivity (Wildman–Crippen MR) is 85.9 cm³/mol. The second kappa shape index (κ2) is 7.02. The van der Waals surface area contributed by atoms with E-state index in [0.29, 0.717) is 18.5 Å². The Morgan fingerprint density at radius 3 is 2.62 bits per heavy atom. The number of anilines is 2. The Morgan fingerprint density at radius 1 is 1.10 bits per heavy atom. The number of hydrogen-bond donors (Lipinski definition) is 2. The maximum atomic E-state index is 8.23. The molecule has 6 nitrogen and oxygen atoms in total. The number of rotatable bonds is 2. The van der Waals surface area contributed by atoms with Crippen LogP contribution in [0, 0.1) is 5.41 Å². The summed E-state index contributed by atoms with van der Waals surface area (Å²) in [5, 5.41) is 11.5. The average Bonchev–Trinajstić information content (AvgIpc) is 2.57. The van der Waals surface area contributed by atoms with E-state index in [9.17, 15) is 0 Å². The maximum absolute atomic E-state index is 8.23. The minimum atomic E-state index is 0.406. The van der Waals surface area contributed by atoms with Crippen molar-refractivity contribution in [3.63, 3.8) is 0 Å². The van der Waals surface area contributed by atoms with Crippen molar-refractivity contribution in [2.75, 3.05) is 55.6 Å². The van der Waals surface area contributed by atoms with E-state index in [1.807, 2.05) is 22.5 Å². The van der Waals surface area contributed by atoms with Crippen LogP contribution in [0.4, 0.5) is 11.4 Å². The van der Waals surface area contributed by atoms with Crippen molar-refractivity contribution < 1.29 is 9.47 Å². The molecule has 0 unspecified atom stereocenters. The summed E-state index contributed by atoms with van der Waals surface area (Å²) < 4.78 is 12.6. The highest BCUT2D eigenvalue weighted by atomic mass is 32.2. The molecule has 2 aliphatic heterocycles. The summed E-state index contributed by atoms with van der Waals surface area (Å²) in [6, 6.07) is 8.13. The van der Waals surface area contributed by atoms with Gasteiger partial charge in [0.1, 0.15) is 5.94 Å². The molecule has 1 aromatic rings. The first kappa shape index (κ1) is 14.5. The predicted octanol–water partition coefficient (Wildman–Crippen LogP) is 1.81. The molecule has 0 aliphatic carbocycles. The van der Waals surface area contributed by atoms with Gasteiger partial charge in [0.25, 0.3) is 0 Å². The van der Waals surface area contributed by atoms with Crippen LogP contribution >= 0.6 is 11.9 Å². The molecular formula is C14H20N4O2S. The largest absolute Gasteiger partial charge is 0.378 e. The third-order valence-corrected chi connectivity index (χ3v) is 4.44. The number of nitrogens with zero attached hydrogens (tertiary/aromatic N) is 2. The van der Waals surface area contributed by atoms with E-state index in [1.54, 1.807) is 0 Å². The molecule has 1 aromatic carbocycles. The zero-order chi connectivity index (χ0) is 14.5. The van der Waals surface area contributed by atoms with Gasteiger partial charge in [0.05, 0.1) is 37.7 Å². The molecule has 0 radical (unpaired) electrons. The summed E-state index contributed by atoms with van der Waals surface area (Å²) in [5.74, 6) is 1.01. The fourth-order valence-corrected chi connectivity index (χ4v) is 3.10. The summed E-state index contributed by atoms with van der Waals surface area (Å²) in [5.41, 5.74) is 2.10. The van der Waals surface area contributed by atoms with E-state index in [2.05, 4.69) is 16.3 Å². The fourth-order valence-electron chi connectivity index (χ4n) is 2.40. The monoisotopic (exact) mass is 308 g/mol. The van der Waals surface area contributed by atoms with Crippen LogP contribution in [0.5, 0.6) is 0 Å². The summed E-state index contributed by atoms with van der Waals surface area (Å²) in [4.78, 5) is 2.30. The Morgan fingerprint density at radius 2 is 1.86 bits per heavy atom. The molecule has 2 heterocycles. The van der Waals surface area contributed by atoms with Crippen molar-refractivity contribution >= 4 is 29.3 Å². The quantitative estimate of drug-likeness (QED) is 0.494. The van der Waals surface area contributed by atoms with Gasteiger partial charge in [-0.05, 0) is 24.1 Å². The van der Waals surface area contributed by atoms with Crippen molar-refractivity contribution in [2.45, 2.75) is 0 Å². The first-order valence-corrected chi connectivity index (χ1v) is 8.04. The fraction of sp³-hybridized carbons (Fsp3) is 0.500. The molecule has 0 atom stereocenters. The van der Waals surface area contributed by atoms with Crippen LogP contribution in [0.3, 0.4) is 0 Å². The number of benzene rings is 1. The third-order valence-electron chi connectivity index (χ3n) is 3.49. The summed E-state index contributed by atoms with van der Waals surface area (Å²) in [6.45, 7) is 4.69. The number of para-hydroxylation sites is 2. The molecule has 0 spiro atoms. The van der Waals surface area contributed by atoms with Gasteiger partial charge < -0.3 is 19.7 Å². The van der Waals surface area contributed by atoms with Gasteiger partial charge in [-0.2, -0.15) is 0 Å². The number of nitrogens with one attached hydrogen (secondary N) is 2.